The van der Waals surface area contributed by atoms with Gasteiger partial charge in [0.2, 0.25) is 0 Å². The molecule has 0 aromatic carbocycles. The lowest BCUT2D eigenvalue weighted by atomic mass is 9.91. The van der Waals surface area contributed by atoms with Crippen LogP contribution in [0.3, 0.4) is 0 Å². The van der Waals surface area contributed by atoms with E-state index in [1.807, 2.05) is 0 Å². The average molecular weight is 182 g/mol. The Labute approximate surface area is 81.9 Å². The maximum atomic E-state index is 5.71. The fraction of sp³-hybridized carbons (Fsp3) is 1.00. The van der Waals surface area contributed by atoms with Crippen LogP contribution in [0.5, 0.6) is 0 Å². The summed E-state index contributed by atoms with van der Waals surface area (Å²) in [6.45, 7) is 7.67. The molecule has 2 rings (SSSR count). The van der Waals surface area contributed by atoms with E-state index in [1.165, 1.54) is 19.3 Å². The van der Waals surface area contributed by atoms with Crippen molar-refractivity contribution < 1.29 is 4.74 Å². The van der Waals surface area contributed by atoms with Crippen molar-refractivity contribution in [3.05, 3.63) is 0 Å². The van der Waals surface area contributed by atoms with Crippen molar-refractivity contribution in [1.82, 2.24) is 0 Å². The van der Waals surface area contributed by atoms with E-state index < -0.39 is 0 Å². The summed E-state index contributed by atoms with van der Waals surface area (Å²) >= 11 is 0. The van der Waals surface area contributed by atoms with Crippen LogP contribution in [0.25, 0.3) is 0 Å². The first kappa shape index (κ1) is 9.51. The zero-order valence-electron chi connectivity index (χ0n) is 9.12. The third kappa shape index (κ3) is 1.63. The Morgan fingerprint density at radius 1 is 1.38 bits per heavy atom. The molecule has 0 spiro atoms. The lowest BCUT2D eigenvalue weighted by molar-refractivity contribution is 0.0528. The van der Waals surface area contributed by atoms with E-state index in [4.69, 9.17) is 4.74 Å². The van der Waals surface area contributed by atoms with Crippen LogP contribution in [0.4, 0.5) is 0 Å². The molecule has 0 unspecified atom stereocenters. The summed E-state index contributed by atoms with van der Waals surface area (Å²) in [5.74, 6) is 3.89. The second kappa shape index (κ2) is 3.61. The van der Waals surface area contributed by atoms with Crippen LogP contribution in [0, 0.1) is 23.7 Å². The van der Waals surface area contributed by atoms with Crippen LogP contribution in [0.2, 0.25) is 0 Å². The highest BCUT2D eigenvalue weighted by Gasteiger charge is 2.56. The smallest absolute Gasteiger partial charge is 0.0580 e. The molecule has 0 N–H and O–H groups in total. The van der Waals surface area contributed by atoms with Gasteiger partial charge in [-0.1, -0.05) is 19.8 Å². The Balaban J connectivity index is 1.89. The highest BCUT2D eigenvalue weighted by molar-refractivity contribution is 5.04. The van der Waals surface area contributed by atoms with Crippen LogP contribution in [-0.2, 0) is 4.74 Å². The maximum absolute atomic E-state index is 5.71. The van der Waals surface area contributed by atoms with Crippen LogP contribution in [-0.4, -0.2) is 12.7 Å². The van der Waals surface area contributed by atoms with Crippen LogP contribution in [0.1, 0.15) is 40.0 Å². The van der Waals surface area contributed by atoms with Crippen molar-refractivity contribution in [3.8, 4) is 0 Å². The van der Waals surface area contributed by atoms with E-state index in [-0.39, 0.29) is 0 Å². The third-order valence-corrected chi connectivity index (χ3v) is 4.12. The molecular formula is C12H22O. The van der Waals surface area contributed by atoms with Gasteiger partial charge in [-0.15, -0.1) is 0 Å². The normalized spacial score (nSPS) is 45.5. The Morgan fingerprint density at radius 2 is 2.15 bits per heavy atom. The van der Waals surface area contributed by atoms with Gasteiger partial charge in [0.25, 0.3) is 0 Å². The van der Waals surface area contributed by atoms with Gasteiger partial charge in [-0.2, -0.15) is 0 Å². The zero-order chi connectivity index (χ0) is 9.42. The maximum Gasteiger partial charge on any atom is 0.0580 e. The highest BCUT2D eigenvalue weighted by atomic mass is 16.5. The largest absolute Gasteiger partial charge is 0.378 e. The van der Waals surface area contributed by atoms with Crippen LogP contribution < -0.4 is 0 Å². The first-order valence-electron chi connectivity index (χ1n) is 5.87. The summed E-state index contributed by atoms with van der Waals surface area (Å²) < 4.78 is 5.71. The van der Waals surface area contributed by atoms with Crippen molar-refractivity contribution in [3.63, 3.8) is 0 Å². The van der Waals surface area contributed by atoms with E-state index in [0.717, 1.165) is 30.3 Å². The molecule has 0 amide bonds. The fourth-order valence-electron chi connectivity index (χ4n) is 3.52. The topological polar surface area (TPSA) is 9.23 Å². The number of fused-ring (bicyclic) bond motifs is 1. The van der Waals surface area contributed by atoms with Gasteiger partial charge < -0.3 is 4.74 Å². The van der Waals surface area contributed by atoms with Crippen LogP contribution in [0.15, 0.2) is 0 Å². The van der Waals surface area contributed by atoms with E-state index in [9.17, 15) is 0 Å². The first-order chi connectivity index (χ1) is 6.25. The quantitative estimate of drug-likeness (QED) is 0.651. The summed E-state index contributed by atoms with van der Waals surface area (Å²) in [6, 6.07) is 0. The summed E-state index contributed by atoms with van der Waals surface area (Å²) in [4.78, 5) is 0. The van der Waals surface area contributed by atoms with Crippen LogP contribution >= 0.6 is 0 Å². The van der Waals surface area contributed by atoms with Crippen molar-refractivity contribution in [2.24, 2.45) is 23.7 Å². The van der Waals surface area contributed by atoms with Gasteiger partial charge in [0.15, 0.2) is 0 Å². The predicted molar refractivity (Wildman–Crippen MR) is 54.6 cm³/mol. The molecule has 1 heteroatoms. The van der Waals surface area contributed by atoms with Gasteiger partial charge >= 0.3 is 0 Å². The minimum absolute atomic E-state index is 0.514. The molecule has 2 saturated carbocycles. The van der Waals surface area contributed by atoms with Gasteiger partial charge in [-0.3, -0.25) is 0 Å². The SMILES string of the molecule is CCO[C@H](C)[C@@H]1[C@H]2CCC[C@@H](C)[C@@H]21. The Kier molecular flexibility index (Phi) is 2.64. The van der Waals surface area contributed by atoms with Crippen molar-refractivity contribution in [2.45, 2.75) is 46.1 Å². The first-order valence-corrected chi connectivity index (χ1v) is 5.87. The molecule has 0 aliphatic heterocycles. The lowest BCUT2D eigenvalue weighted by Crippen LogP contribution is -2.13. The molecular weight excluding hydrogens is 160 g/mol. The number of rotatable bonds is 3. The van der Waals surface area contributed by atoms with E-state index in [1.54, 1.807) is 0 Å². The Hall–Kier alpha value is -0.0400. The molecule has 0 aromatic rings. The number of hydrogen-bond donors (Lipinski definition) is 0. The fourth-order valence-corrected chi connectivity index (χ4v) is 3.52. The second-order valence-electron chi connectivity index (χ2n) is 4.89. The van der Waals surface area contributed by atoms with Crippen molar-refractivity contribution in [2.75, 3.05) is 6.61 Å². The molecule has 0 heterocycles. The van der Waals surface area contributed by atoms with E-state index >= 15 is 0 Å². The molecule has 76 valence electrons. The Bertz CT molecular complexity index is 178. The summed E-state index contributed by atoms with van der Waals surface area (Å²) in [5, 5.41) is 0. The van der Waals surface area contributed by atoms with Crippen molar-refractivity contribution >= 4 is 0 Å². The number of hydrogen-bond acceptors (Lipinski definition) is 1. The number of ether oxygens (including phenoxy) is 1. The Morgan fingerprint density at radius 3 is 2.77 bits per heavy atom. The molecule has 0 aromatic heterocycles. The standard InChI is InChI=1S/C12H22O/c1-4-13-9(3)12-10-7-5-6-8(2)11(10)12/h8-12H,4-7H2,1-3H3/t8-,9-,10+,11+,12-/m1/s1. The third-order valence-electron chi connectivity index (χ3n) is 4.12. The van der Waals surface area contributed by atoms with E-state index in [2.05, 4.69) is 20.8 Å². The van der Waals surface area contributed by atoms with Gasteiger partial charge in [-0.05, 0) is 43.9 Å². The zero-order valence-corrected chi connectivity index (χ0v) is 9.12. The summed E-state index contributed by atoms with van der Waals surface area (Å²) in [6.07, 6.45) is 4.89. The molecule has 5 atom stereocenters. The molecule has 13 heavy (non-hydrogen) atoms. The van der Waals surface area contributed by atoms with E-state index in [0.29, 0.717) is 6.10 Å². The van der Waals surface area contributed by atoms with Gasteiger partial charge in [0, 0.05) is 6.61 Å². The lowest BCUT2D eigenvalue weighted by Gasteiger charge is -2.15. The molecule has 0 saturated heterocycles. The summed E-state index contributed by atoms with van der Waals surface area (Å²) in [5.41, 5.74) is 0. The molecule has 2 aliphatic carbocycles. The minimum Gasteiger partial charge on any atom is -0.378 e. The molecule has 0 radical (unpaired) electrons. The minimum atomic E-state index is 0.514. The molecule has 1 nitrogen and oxygen atoms in total. The van der Waals surface area contributed by atoms with Gasteiger partial charge in [0.05, 0.1) is 6.10 Å². The second-order valence-corrected chi connectivity index (χ2v) is 4.89. The average Bonchev–Trinajstić information content (AvgIpc) is 2.80. The van der Waals surface area contributed by atoms with Gasteiger partial charge in [-0.25, -0.2) is 0 Å². The predicted octanol–water partition coefficient (Wildman–Crippen LogP) is 3.09. The van der Waals surface area contributed by atoms with Gasteiger partial charge in [0.1, 0.15) is 0 Å². The monoisotopic (exact) mass is 182 g/mol. The summed E-state index contributed by atoms with van der Waals surface area (Å²) in [7, 11) is 0. The highest BCUT2D eigenvalue weighted by Crippen LogP contribution is 2.59. The molecule has 0 bridgehead atoms. The molecule has 2 fully saturated rings. The van der Waals surface area contributed by atoms with Crippen molar-refractivity contribution in [1.29, 1.82) is 0 Å². The molecule has 2 aliphatic rings.